The summed E-state index contributed by atoms with van der Waals surface area (Å²) in [6, 6.07) is 14.7. The molecular weight excluding hydrogens is 437 g/mol. The second-order valence-corrected chi connectivity index (χ2v) is 8.50. The quantitative estimate of drug-likeness (QED) is 0.529. The van der Waals surface area contributed by atoms with Crippen LogP contribution in [0.25, 0.3) is 0 Å². The Morgan fingerprint density at radius 3 is 2.19 bits per heavy atom. The van der Waals surface area contributed by atoms with Crippen molar-refractivity contribution in [2.24, 2.45) is 0 Å². The van der Waals surface area contributed by atoms with Crippen molar-refractivity contribution in [3.05, 3.63) is 62.7 Å². The fourth-order valence-corrected chi connectivity index (χ4v) is 4.37. The molecule has 0 aliphatic rings. The Bertz CT molecular complexity index is 707. The molecule has 2 aromatic carbocycles. The van der Waals surface area contributed by atoms with E-state index >= 15 is 0 Å². The van der Waals surface area contributed by atoms with Gasteiger partial charge in [0.15, 0.2) is 0 Å². The SMILES string of the molecule is CC(C)N(CCC(c1cc(CO)ccc1O)c1ccccc1I)C(C)C. The first kappa shape index (κ1) is 21.2. The van der Waals surface area contributed by atoms with E-state index in [0.29, 0.717) is 17.8 Å². The van der Waals surface area contributed by atoms with E-state index in [2.05, 4.69) is 73.4 Å². The summed E-state index contributed by atoms with van der Waals surface area (Å²) in [5.74, 6) is 0.391. The Hall–Kier alpha value is -1.11. The highest BCUT2D eigenvalue weighted by molar-refractivity contribution is 14.1. The molecule has 2 rings (SSSR count). The van der Waals surface area contributed by atoms with Crippen LogP contribution in [-0.2, 0) is 6.61 Å². The Morgan fingerprint density at radius 2 is 1.62 bits per heavy atom. The van der Waals surface area contributed by atoms with E-state index in [0.717, 1.165) is 24.1 Å². The van der Waals surface area contributed by atoms with Gasteiger partial charge in [0.25, 0.3) is 0 Å². The van der Waals surface area contributed by atoms with E-state index < -0.39 is 0 Å². The second-order valence-electron chi connectivity index (χ2n) is 7.34. The lowest BCUT2D eigenvalue weighted by Gasteiger charge is -2.32. The van der Waals surface area contributed by atoms with Gasteiger partial charge in [-0.1, -0.05) is 24.3 Å². The topological polar surface area (TPSA) is 43.7 Å². The van der Waals surface area contributed by atoms with Gasteiger partial charge in [0.2, 0.25) is 0 Å². The highest BCUT2D eigenvalue weighted by Crippen LogP contribution is 2.37. The number of phenols is 1. The molecule has 1 unspecified atom stereocenters. The van der Waals surface area contributed by atoms with Crippen molar-refractivity contribution in [2.75, 3.05) is 6.54 Å². The first-order valence-electron chi connectivity index (χ1n) is 9.28. The van der Waals surface area contributed by atoms with Gasteiger partial charge in [0, 0.05) is 27.1 Å². The highest BCUT2D eigenvalue weighted by atomic mass is 127. The van der Waals surface area contributed by atoms with Gasteiger partial charge in [-0.15, -0.1) is 0 Å². The summed E-state index contributed by atoms with van der Waals surface area (Å²) in [6.07, 6.45) is 0.915. The number of halogens is 1. The standard InChI is InChI=1S/C22H30INO2/c1-15(2)24(16(3)4)12-11-18(19-7-5-6-8-21(19)23)20-13-17(14-25)9-10-22(20)26/h5-10,13,15-16,18,25-26H,11-12,14H2,1-4H3. The number of nitrogens with zero attached hydrogens (tertiary/aromatic N) is 1. The average Bonchev–Trinajstić information content (AvgIpc) is 2.60. The first-order chi connectivity index (χ1) is 12.3. The van der Waals surface area contributed by atoms with E-state index in [-0.39, 0.29) is 12.5 Å². The van der Waals surface area contributed by atoms with Crippen molar-refractivity contribution < 1.29 is 10.2 Å². The third-order valence-corrected chi connectivity index (χ3v) is 5.92. The zero-order chi connectivity index (χ0) is 19.3. The van der Waals surface area contributed by atoms with Crippen LogP contribution in [0.4, 0.5) is 0 Å². The number of aliphatic hydroxyl groups excluding tert-OH is 1. The molecule has 2 N–H and O–H groups in total. The lowest BCUT2D eigenvalue weighted by molar-refractivity contribution is 0.170. The molecule has 26 heavy (non-hydrogen) atoms. The lowest BCUT2D eigenvalue weighted by Crippen LogP contribution is -2.38. The Balaban J connectivity index is 2.42. The summed E-state index contributed by atoms with van der Waals surface area (Å²) in [6.45, 7) is 9.84. The van der Waals surface area contributed by atoms with E-state index in [1.54, 1.807) is 12.1 Å². The maximum Gasteiger partial charge on any atom is 0.119 e. The molecule has 0 saturated heterocycles. The van der Waals surface area contributed by atoms with Crippen LogP contribution in [0.1, 0.15) is 56.7 Å². The minimum Gasteiger partial charge on any atom is -0.508 e. The molecule has 0 spiro atoms. The Morgan fingerprint density at radius 1 is 0.962 bits per heavy atom. The molecule has 0 heterocycles. The van der Waals surface area contributed by atoms with Crippen molar-refractivity contribution in [1.82, 2.24) is 4.90 Å². The maximum absolute atomic E-state index is 10.5. The zero-order valence-corrected chi connectivity index (χ0v) is 18.3. The van der Waals surface area contributed by atoms with E-state index in [4.69, 9.17) is 0 Å². The van der Waals surface area contributed by atoms with Crippen molar-refractivity contribution >= 4 is 22.6 Å². The number of benzene rings is 2. The number of hydrogen-bond acceptors (Lipinski definition) is 3. The summed E-state index contributed by atoms with van der Waals surface area (Å²) in [7, 11) is 0. The van der Waals surface area contributed by atoms with Crippen LogP contribution in [0.3, 0.4) is 0 Å². The molecule has 4 heteroatoms. The van der Waals surface area contributed by atoms with E-state index in [1.807, 2.05) is 12.1 Å². The molecule has 0 aliphatic carbocycles. The first-order valence-corrected chi connectivity index (χ1v) is 10.4. The number of rotatable bonds is 8. The van der Waals surface area contributed by atoms with Crippen molar-refractivity contribution in [1.29, 1.82) is 0 Å². The molecule has 0 radical (unpaired) electrons. The predicted molar refractivity (Wildman–Crippen MR) is 117 cm³/mol. The molecule has 0 fully saturated rings. The molecule has 0 saturated carbocycles. The monoisotopic (exact) mass is 467 g/mol. The van der Waals surface area contributed by atoms with Crippen LogP contribution in [0, 0.1) is 3.57 Å². The second kappa shape index (κ2) is 9.72. The van der Waals surface area contributed by atoms with Gasteiger partial charge in [-0.05, 0) is 92.6 Å². The fourth-order valence-electron chi connectivity index (χ4n) is 3.61. The minimum absolute atomic E-state index is 0.0179. The van der Waals surface area contributed by atoms with Gasteiger partial charge in [0.05, 0.1) is 6.61 Å². The number of phenolic OH excluding ortho intramolecular Hbond substituents is 1. The maximum atomic E-state index is 10.5. The molecule has 3 nitrogen and oxygen atoms in total. The number of aromatic hydroxyl groups is 1. The lowest BCUT2D eigenvalue weighted by atomic mass is 9.86. The molecule has 0 amide bonds. The Kier molecular flexibility index (Phi) is 7.92. The van der Waals surface area contributed by atoms with Crippen molar-refractivity contribution in [3.8, 4) is 5.75 Å². The fraction of sp³-hybridized carbons (Fsp3) is 0.455. The van der Waals surface area contributed by atoms with Gasteiger partial charge in [-0.2, -0.15) is 0 Å². The number of hydrogen-bond donors (Lipinski definition) is 2. The molecule has 0 bridgehead atoms. The highest BCUT2D eigenvalue weighted by Gasteiger charge is 2.23. The van der Waals surface area contributed by atoms with E-state index in [9.17, 15) is 10.2 Å². The summed E-state index contributed by atoms with van der Waals surface area (Å²) in [5, 5.41) is 20.1. The van der Waals surface area contributed by atoms with Crippen molar-refractivity contribution in [3.63, 3.8) is 0 Å². The van der Waals surface area contributed by atoms with Gasteiger partial charge < -0.3 is 10.2 Å². The Labute approximate surface area is 171 Å². The van der Waals surface area contributed by atoms with Gasteiger partial charge in [-0.25, -0.2) is 0 Å². The molecule has 142 valence electrons. The number of aliphatic hydroxyl groups is 1. The molecule has 0 aromatic heterocycles. The van der Waals surface area contributed by atoms with E-state index in [1.165, 1.54) is 9.13 Å². The van der Waals surface area contributed by atoms with Crippen LogP contribution in [0.2, 0.25) is 0 Å². The van der Waals surface area contributed by atoms with Gasteiger partial charge >= 0.3 is 0 Å². The van der Waals surface area contributed by atoms with Gasteiger partial charge in [-0.3, -0.25) is 4.90 Å². The van der Waals surface area contributed by atoms with Crippen LogP contribution < -0.4 is 0 Å². The van der Waals surface area contributed by atoms with Crippen LogP contribution in [0.5, 0.6) is 5.75 Å². The molecule has 1 atom stereocenters. The summed E-state index contributed by atoms with van der Waals surface area (Å²) in [4.78, 5) is 2.48. The molecular formula is C22H30INO2. The predicted octanol–water partition coefficient (Wildman–Crippen LogP) is 5.13. The summed E-state index contributed by atoms with van der Waals surface area (Å²) < 4.78 is 1.20. The summed E-state index contributed by atoms with van der Waals surface area (Å²) in [5.41, 5.74) is 2.96. The third kappa shape index (κ3) is 5.21. The van der Waals surface area contributed by atoms with Crippen molar-refractivity contribution in [2.45, 2.75) is 58.7 Å². The average molecular weight is 467 g/mol. The third-order valence-electron chi connectivity index (χ3n) is 4.93. The van der Waals surface area contributed by atoms with Crippen LogP contribution >= 0.6 is 22.6 Å². The zero-order valence-electron chi connectivity index (χ0n) is 16.1. The van der Waals surface area contributed by atoms with Gasteiger partial charge in [0.1, 0.15) is 5.75 Å². The minimum atomic E-state index is -0.0179. The normalized spacial score (nSPS) is 13.0. The van der Waals surface area contributed by atoms with Crippen LogP contribution in [0.15, 0.2) is 42.5 Å². The molecule has 0 aliphatic heterocycles. The largest absolute Gasteiger partial charge is 0.508 e. The molecule has 2 aromatic rings. The van der Waals surface area contributed by atoms with Crippen LogP contribution in [-0.4, -0.2) is 33.7 Å². The smallest absolute Gasteiger partial charge is 0.119 e. The summed E-state index contributed by atoms with van der Waals surface area (Å²) >= 11 is 2.37.